The third-order valence-corrected chi connectivity index (χ3v) is 16.0. The topological polar surface area (TPSA) is 0 Å². The van der Waals surface area contributed by atoms with E-state index in [4.69, 9.17) is 0 Å². The minimum absolute atomic E-state index is 0.0901. The van der Waals surface area contributed by atoms with Gasteiger partial charge in [0.1, 0.15) is 0 Å². The summed E-state index contributed by atoms with van der Waals surface area (Å²) in [7, 11) is 0. The molecule has 0 aliphatic heterocycles. The fraction of sp³-hybridized carbons (Fsp3) is 0.226. The van der Waals surface area contributed by atoms with E-state index >= 15 is 0 Å². The van der Waals surface area contributed by atoms with Crippen molar-refractivity contribution in [3.63, 3.8) is 0 Å². The molecule has 8 aromatic carbocycles. The summed E-state index contributed by atoms with van der Waals surface area (Å²) in [6.07, 6.45) is 6.79. The number of hydrogen-bond donors (Lipinski definition) is 0. The Bertz CT molecular complexity index is 2940. The number of hydrogen-bond acceptors (Lipinski definition) is 0. The third kappa shape index (κ3) is 4.84. The molecule has 0 N–H and O–H groups in total. The van der Waals surface area contributed by atoms with Gasteiger partial charge in [0.25, 0.3) is 0 Å². The van der Waals surface area contributed by atoms with Gasteiger partial charge in [-0.1, -0.05) is 229 Å². The Morgan fingerprint density at radius 3 is 1.02 bits per heavy atom. The van der Waals surface area contributed by atoms with Crippen LogP contribution in [0.5, 0.6) is 0 Å². The van der Waals surface area contributed by atoms with Gasteiger partial charge in [-0.25, -0.2) is 0 Å². The van der Waals surface area contributed by atoms with E-state index in [0.29, 0.717) is 0 Å². The first-order valence-electron chi connectivity index (χ1n) is 23.3. The summed E-state index contributed by atoms with van der Waals surface area (Å²) in [5, 5.41) is 0. The van der Waals surface area contributed by atoms with Gasteiger partial charge in [-0.15, -0.1) is 0 Å². The van der Waals surface area contributed by atoms with E-state index in [1.165, 1.54) is 55.6 Å². The van der Waals surface area contributed by atoms with Crippen molar-refractivity contribution in [1.29, 1.82) is 0 Å². The van der Waals surface area contributed by atoms with Crippen molar-refractivity contribution >= 4 is 0 Å². The maximum atomic E-state index is 2.76. The average Bonchev–Trinajstić information content (AvgIpc) is 3.74. The fourth-order valence-electron chi connectivity index (χ4n) is 14.2. The molecule has 8 aromatic rings. The maximum absolute atomic E-state index is 2.76. The lowest BCUT2D eigenvalue weighted by atomic mass is 9.48. The second-order valence-corrected chi connectivity index (χ2v) is 18.5. The van der Waals surface area contributed by atoms with E-state index in [1.807, 2.05) is 0 Å². The molecule has 0 radical (unpaired) electrons. The van der Waals surface area contributed by atoms with Crippen LogP contribution in [0.25, 0.3) is 55.6 Å². The van der Waals surface area contributed by atoms with Gasteiger partial charge in [-0.3, -0.25) is 0 Å². The summed E-state index contributed by atoms with van der Waals surface area (Å²) in [6.45, 7) is 10.0. The van der Waals surface area contributed by atoms with Gasteiger partial charge in [0.2, 0.25) is 0 Å². The molecule has 62 heavy (non-hydrogen) atoms. The van der Waals surface area contributed by atoms with Gasteiger partial charge < -0.3 is 0 Å². The fourth-order valence-corrected chi connectivity index (χ4v) is 14.2. The molecule has 0 saturated carbocycles. The summed E-state index contributed by atoms with van der Waals surface area (Å²) in [5.41, 5.74) is 21.5. The number of rotatable bonds is 11. The molecule has 11 rings (SSSR count). The molecule has 0 nitrogen and oxygen atoms in total. The van der Waals surface area contributed by atoms with Crippen molar-refractivity contribution in [2.75, 3.05) is 0 Å². The molecular weight excluding hydrogens is 745 g/mol. The SMILES string of the molecule is CCC[C@]12c3ccccc3[C@]3(CCC)c4ccc(-c5cc(-c6ccccc6)c(-c6ccccc6)c(-c6ccccc6)c5-c5ccccc5)cc4[C@](CCC)(c4ccccc41)[C@]23C. The van der Waals surface area contributed by atoms with Gasteiger partial charge in [-0.2, -0.15) is 0 Å². The van der Waals surface area contributed by atoms with E-state index in [1.54, 1.807) is 33.4 Å². The Morgan fingerprint density at radius 2 is 0.613 bits per heavy atom. The molecule has 4 atom stereocenters. The van der Waals surface area contributed by atoms with Crippen molar-refractivity contribution in [2.24, 2.45) is 5.41 Å². The van der Waals surface area contributed by atoms with Gasteiger partial charge in [0.05, 0.1) is 0 Å². The van der Waals surface area contributed by atoms with Crippen molar-refractivity contribution in [3.8, 4) is 55.6 Å². The lowest BCUT2D eigenvalue weighted by Crippen LogP contribution is -2.54. The lowest BCUT2D eigenvalue weighted by Gasteiger charge is -2.53. The van der Waals surface area contributed by atoms with Crippen LogP contribution in [0, 0.1) is 5.41 Å². The zero-order valence-corrected chi connectivity index (χ0v) is 36.7. The molecule has 0 heteroatoms. The zero-order chi connectivity index (χ0) is 42.1. The van der Waals surface area contributed by atoms with Crippen molar-refractivity contribution in [3.05, 3.63) is 228 Å². The van der Waals surface area contributed by atoms with Crippen LogP contribution in [0.4, 0.5) is 0 Å². The van der Waals surface area contributed by atoms with Gasteiger partial charge in [0.15, 0.2) is 0 Å². The molecule has 0 saturated heterocycles. The van der Waals surface area contributed by atoms with Crippen LogP contribution in [0.3, 0.4) is 0 Å². The first-order valence-corrected chi connectivity index (χ1v) is 23.3. The average molecular weight is 801 g/mol. The molecular formula is C62H56. The summed E-state index contributed by atoms with van der Waals surface area (Å²) < 4.78 is 0. The highest BCUT2D eigenvalue weighted by Gasteiger charge is 2.82. The molecule has 0 aromatic heterocycles. The van der Waals surface area contributed by atoms with Crippen LogP contribution in [-0.2, 0) is 16.2 Å². The summed E-state index contributed by atoms with van der Waals surface area (Å²) >= 11 is 0. The Labute approximate surface area is 369 Å². The highest BCUT2D eigenvalue weighted by Crippen LogP contribution is 2.85. The molecule has 0 bridgehead atoms. The highest BCUT2D eigenvalue weighted by atomic mass is 14.8. The minimum Gasteiger partial charge on any atom is -0.0653 e. The van der Waals surface area contributed by atoms with Crippen LogP contribution in [-0.4, -0.2) is 0 Å². The monoisotopic (exact) mass is 800 g/mol. The molecule has 0 amide bonds. The van der Waals surface area contributed by atoms with E-state index in [-0.39, 0.29) is 21.7 Å². The highest BCUT2D eigenvalue weighted by molar-refractivity contribution is 6.07. The molecule has 0 unspecified atom stereocenters. The second-order valence-electron chi connectivity index (χ2n) is 18.5. The van der Waals surface area contributed by atoms with E-state index in [2.05, 4.69) is 222 Å². The minimum atomic E-state index is -0.172. The standard InChI is InChI=1S/C62H56/c1-5-38-60-50-32-20-21-33-51(50)61(39-6-2)54-37-36-47(41-55(54)62(40-7-3,59(60,61)4)53-35-23-22-34-52(53)60)49-42-48(43-24-12-8-13-25-43)56(44-26-14-9-15-27-44)58(46-30-18-11-19-31-46)57(49)45-28-16-10-17-29-45/h8-37,41-42H,5-7,38-40H2,1-4H3/t59-,60+,61-,62+/m1/s1. The van der Waals surface area contributed by atoms with E-state index in [9.17, 15) is 0 Å². The van der Waals surface area contributed by atoms with Gasteiger partial charge in [0, 0.05) is 21.7 Å². The number of fused-ring (bicyclic) bond motifs is 9. The predicted molar refractivity (Wildman–Crippen MR) is 262 cm³/mol. The van der Waals surface area contributed by atoms with Crippen molar-refractivity contribution < 1.29 is 0 Å². The Hall–Kier alpha value is -6.24. The van der Waals surface area contributed by atoms with Crippen LogP contribution >= 0.6 is 0 Å². The predicted octanol–water partition coefficient (Wildman–Crippen LogP) is 16.6. The zero-order valence-electron chi connectivity index (χ0n) is 36.7. The van der Waals surface area contributed by atoms with Crippen molar-refractivity contribution in [1.82, 2.24) is 0 Å². The first kappa shape index (κ1) is 38.7. The number of benzene rings is 8. The summed E-state index contributed by atoms with van der Waals surface area (Å²) in [5.74, 6) is 0. The molecule has 0 heterocycles. The summed E-state index contributed by atoms with van der Waals surface area (Å²) in [4.78, 5) is 0. The normalized spacial score (nSPS) is 22.5. The Balaban J connectivity index is 1.31. The Morgan fingerprint density at radius 1 is 0.290 bits per heavy atom. The summed E-state index contributed by atoms with van der Waals surface area (Å²) in [6, 6.07) is 74.3. The molecule has 0 fully saturated rings. The maximum Gasteiger partial charge on any atom is 0.0286 e. The van der Waals surface area contributed by atoms with E-state index < -0.39 is 0 Å². The second kappa shape index (κ2) is 14.7. The van der Waals surface area contributed by atoms with Crippen LogP contribution in [0.15, 0.2) is 194 Å². The van der Waals surface area contributed by atoms with Crippen LogP contribution in [0.2, 0.25) is 0 Å². The smallest absolute Gasteiger partial charge is 0.0286 e. The quantitative estimate of drug-likeness (QED) is 0.122. The Kier molecular flexibility index (Phi) is 9.17. The largest absolute Gasteiger partial charge is 0.0653 e. The first-order chi connectivity index (χ1) is 30.5. The van der Waals surface area contributed by atoms with Gasteiger partial charge >= 0.3 is 0 Å². The van der Waals surface area contributed by atoms with Crippen LogP contribution in [0.1, 0.15) is 99.6 Å². The van der Waals surface area contributed by atoms with Gasteiger partial charge in [-0.05, 0) is 120 Å². The van der Waals surface area contributed by atoms with E-state index in [0.717, 1.165) is 38.5 Å². The molecule has 3 aliphatic rings. The molecule has 3 aliphatic carbocycles. The molecule has 304 valence electrons. The lowest BCUT2D eigenvalue weighted by molar-refractivity contribution is 0.0540. The van der Waals surface area contributed by atoms with Crippen molar-refractivity contribution in [2.45, 2.75) is 82.5 Å². The molecule has 0 spiro atoms. The third-order valence-electron chi connectivity index (χ3n) is 16.0. The van der Waals surface area contributed by atoms with Crippen LogP contribution < -0.4 is 0 Å².